The first-order valence-corrected chi connectivity index (χ1v) is 11.0. The van der Waals surface area contributed by atoms with Crippen molar-refractivity contribution in [3.05, 3.63) is 83.2 Å². The molecule has 0 atom stereocenters. The minimum Gasteiger partial charge on any atom is -0.378 e. The molecule has 7 heteroatoms. The highest BCUT2D eigenvalue weighted by Gasteiger charge is 2.15. The molecule has 0 unspecified atom stereocenters. The Kier molecular flexibility index (Phi) is 7.89. The lowest BCUT2D eigenvalue weighted by atomic mass is 10.1. The van der Waals surface area contributed by atoms with Gasteiger partial charge in [-0.25, -0.2) is 9.97 Å². The van der Waals surface area contributed by atoms with Gasteiger partial charge in [-0.3, -0.25) is 0 Å². The number of anilines is 1. The molecular formula is C25H29N5O2. The molecule has 3 aromatic rings. The molecule has 1 aromatic heterocycles. The molecule has 0 radical (unpaired) electrons. The molecule has 0 N–H and O–H groups in total. The van der Waals surface area contributed by atoms with Gasteiger partial charge in [-0.05, 0) is 18.1 Å². The molecule has 32 heavy (non-hydrogen) atoms. The fourth-order valence-corrected chi connectivity index (χ4v) is 3.51. The molecule has 1 aliphatic rings. The maximum atomic E-state index is 5.83. The topological polar surface area (TPSA) is 72.2 Å². The number of aryl methyl sites for hydroxylation is 1. The number of hydrogen-bond donors (Lipinski definition) is 0. The van der Waals surface area contributed by atoms with Crippen molar-refractivity contribution in [1.29, 1.82) is 0 Å². The maximum Gasteiger partial charge on any atom is 0.179 e. The van der Waals surface area contributed by atoms with Gasteiger partial charge in [0.1, 0.15) is 11.6 Å². The van der Waals surface area contributed by atoms with Crippen LogP contribution < -0.4 is 4.90 Å². The van der Waals surface area contributed by atoms with Gasteiger partial charge in [-0.1, -0.05) is 60.2 Å². The van der Waals surface area contributed by atoms with Gasteiger partial charge in [0.15, 0.2) is 5.82 Å². The number of nitrogens with zero attached hydrogens (tertiary/aromatic N) is 5. The Morgan fingerprint density at radius 3 is 2.59 bits per heavy atom. The van der Waals surface area contributed by atoms with Crippen molar-refractivity contribution in [1.82, 2.24) is 9.97 Å². The average molecular weight is 432 g/mol. The zero-order valence-electron chi connectivity index (χ0n) is 18.5. The van der Waals surface area contributed by atoms with Crippen LogP contribution in [0.1, 0.15) is 22.5 Å². The van der Waals surface area contributed by atoms with Crippen molar-refractivity contribution >= 4 is 11.6 Å². The molecular weight excluding hydrogens is 402 g/mol. The molecule has 1 saturated heterocycles. The van der Waals surface area contributed by atoms with Crippen LogP contribution in [0.15, 0.2) is 70.9 Å². The average Bonchev–Trinajstić information content (AvgIpc) is 2.83. The van der Waals surface area contributed by atoms with Gasteiger partial charge in [-0.15, -0.1) is 5.11 Å². The first-order chi connectivity index (χ1) is 15.8. The zero-order valence-corrected chi connectivity index (χ0v) is 18.5. The van der Waals surface area contributed by atoms with Gasteiger partial charge < -0.3 is 14.4 Å². The zero-order chi connectivity index (χ0) is 22.0. The van der Waals surface area contributed by atoms with E-state index in [-0.39, 0.29) is 0 Å². The molecule has 4 rings (SSSR count). The van der Waals surface area contributed by atoms with E-state index in [1.165, 1.54) is 5.56 Å². The summed E-state index contributed by atoms with van der Waals surface area (Å²) in [6.45, 7) is 6.73. The van der Waals surface area contributed by atoms with E-state index < -0.39 is 0 Å². The fraction of sp³-hybridized carbons (Fsp3) is 0.360. The highest BCUT2D eigenvalue weighted by Crippen LogP contribution is 2.20. The highest BCUT2D eigenvalue weighted by molar-refractivity contribution is 5.46. The molecule has 7 nitrogen and oxygen atoms in total. The smallest absolute Gasteiger partial charge is 0.179 e. The minimum atomic E-state index is 0.522. The molecule has 0 spiro atoms. The van der Waals surface area contributed by atoms with Crippen LogP contribution in [0.5, 0.6) is 0 Å². The second-order valence-electron chi connectivity index (χ2n) is 7.78. The Hall–Kier alpha value is -3.16. The molecule has 1 fully saturated rings. The molecule has 2 aromatic carbocycles. The predicted molar refractivity (Wildman–Crippen MR) is 124 cm³/mol. The number of ether oxygens (including phenoxy) is 2. The number of morpholine rings is 1. The number of azo groups is 1. The Bertz CT molecular complexity index is 1020. The standard InChI is InChI=1S/C25H29N5O2/c1-20-6-5-9-22(16-20)18-26-29-24-17-25(30-11-14-31-15-12-30)28-23(27-24)10-13-32-19-21-7-3-2-4-8-21/h2-9,16-17H,10-15,18-19H2,1H3. The largest absolute Gasteiger partial charge is 0.378 e. The Morgan fingerprint density at radius 2 is 1.78 bits per heavy atom. The summed E-state index contributed by atoms with van der Waals surface area (Å²) in [6.07, 6.45) is 0.616. The number of hydrogen-bond acceptors (Lipinski definition) is 7. The van der Waals surface area contributed by atoms with E-state index in [9.17, 15) is 0 Å². The summed E-state index contributed by atoms with van der Waals surface area (Å²) in [4.78, 5) is 11.6. The molecule has 166 valence electrons. The van der Waals surface area contributed by atoms with E-state index in [1.807, 2.05) is 30.3 Å². The molecule has 0 bridgehead atoms. The summed E-state index contributed by atoms with van der Waals surface area (Å²) < 4.78 is 11.3. The molecule has 0 amide bonds. The highest BCUT2D eigenvalue weighted by atomic mass is 16.5. The lowest BCUT2D eigenvalue weighted by molar-refractivity contribution is 0.121. The summed E-state index contributed by atoms with van der Waals surface area (Å²) in [7, 11) is 0. The lowest BCUT2D eigenvalue weighted by Crippen LogP contribution is -2.36. The van der Waals surface area contributed by atoms with Gasteiger partial charge in [0.05, 0.1) is 33.0 Å². The molecule has 1 aliphatic heterocycles. The monoisotopic (exact) mass is 431 g/mol. The van der Waals surface area contributed by atoms with Crippen LogP contribution in [0, 0.1) is 6.92 Å². The quantitative estimate of drug-likeness (QED) is 0.364. The van der Waals surface area contributed by atoms with Crippen LogP contribution in [-0.2, 0) is 29.0 Å². The molecule has 2 heterocycles. The number of rotatable bonds is 9. The van der Waals surface area contributed by atoms with Crippen molar-refractivity contribution in [3.63, 3.8) is 0 Å². The summed E-state index contributed by atoms with van der Waals surface area (Å²) in [5.41, 5.74) is 3.50. The van der Waals surface area contributed by atoms with Gasteiger partial charge in [0.2, 0.25) is 0 Å². The van der Waals surface area contributed by atoms with Crippen LogP contribution in [0.4, 0.5) is 11.6 Å². The third kappa shape index (κ3) is 6.67. The van der Waals surface area contributed by atoms with Crippen LogP contribution >= 0.6 is 0 Å². The SMILES string of the molecule is Cc1cccc(CN=Nc2cc(N3CCOCC3)nc(CCOCc3ccccc3)n2)c1. The van der Waals surface area contributed by atoms with Crippen molar-refractivity contribution < 1.29 is 9.47 Å². The number of aromatic nitrogens is 2. The first-order valence-electron chi connectivity index (χ1n) is 11.0. The second-order valence-corrected chi connectivity index (χ2v) is 7.78. The maximum absolute atomic E-state index is 5.83. The summed E-state index contributed by atoms with van der Waals surface area (Å²) in [5.74, 6) is 2.16. The Balaban J connectivity index is 1.42. The summed E-state index contributed by atoms with van der Waals surface area (Å²) in [5, 5.41) is 8.78. The van der Waals surface area contributed by atoms with E-state index in [0.717, 1.165) is 30.0 Å². The summed E-state index contributed by atoms with van der Waals surface area (Å²) in [6, 6.07) is 20.3. The lowest BCUT2D eigenvalue weighted by Gasteiger charge is -2.28. The van der Waals surface area contributed by atoms with E-state index >= 15 is 0 Å². The normalized spacial score (nSPS) is 14.2. The van der Waals surface area contributed by atoms with Gasteiger partial charge in [0, 0.05) is 25.6 Å². The molecule has 0 aliphatic carbocycles. The van der Waals surface area contributed by atoms with Crippen molar-refractivity contribution in [2.24, 2.45) is 10.2 Å². The fourth-order valence-electron chi connectivity index (χ4n) is 3.51. The van der Waals surface area contributed by atoms with Crippen LogP contribution in [0.25, 0.3) is 0 Å². The van der Waals surface area contributed by atoms with E-state index in [0.29, 0.717) is 51.0 Å². The Morgan fingerprint density at radius 1 is 0.969 bits per heavy atom. The van der Waals surface area contributed by atoms with Crippen molar-refractivity contribution in [3.8, 4) is 0 Å². The van der Waals surface area contributed by atoms with Crippen LogP contribution in [-0.4, -0.2) is 42.9 Å². The Labute approximate surface area is 189 Å². The first kappa shape index (κ1) is 22.0. The van der Waals surface area contributed by atoms with E-state index in [1.54, 1.807) is 0 Å². The van der Waals surface area contributed by atoms with Crippen molar-refractivity contribution in [2.45, 2.75) is 26.5 Å². The third-order valence-electron chi connectivity index (χ3n) is 5.17. The van der Waals surface area contributed by atoms with E-state index in [2.05, 4.69) is 57.4 Å². The summed E-state index contributed by atoms with van der Waals surface area (Å²) >= 11 is 0. The molecule has 0 saturated carbocycles. The third-order valence-corrected chi connectivity index (χ3v) is 5.17. The van der Waals surface area contributed by atoms with Gasteiger partial charge in [0.25, 0.3) is 0 Å². The van der Waals surface area contributed by atoms with Crippen molar-refractivity contribution in [2.75, 3.05) is 37.8 Å². The predicted octanol–water partition coefficient (Wildman–Crippen LogP) is 4.66. The minimum absolute atomic E-state index is 0.522. The van der Waals surface area contributed by atoms with Gasteiger partial charge in [-0.2, -0.15) is 5.11 Å². The number of benzene rings is 2. The van der Waals surface area contributed by atoms with Crippen LogP contribution in [0.3, 0.4) is 0 Å². The van der Waals surface area contributed by atoms with Crippen LogP contribution in [0.2, 0.25) is 0 Å². The van der Waals surface area contributed by atoms with E-state index in [4.69, 9.17) is 14.5 Å². The van der Waals surface area contributed by atoms with Gasteiger partial charge >= 0.3 is 0 Å². The second kappa shape index (κ2) is 11.5.